The average Bonchev–Trinajstić information content (AvgIpc) is 2.71. The number of aliphatic carboxylic acids is 1. The van der Waals surface area contributed by atoms with Crippen LogP contribution < -0.4 is 5.73 Å². The summed E-state index contributed by atoms with van der Waals surface area (Å²) in [6.45, 7) is 0.373. The number of aromatic nitrogens is 3. The molecule has 0 fully saturated rings. The molecule has 0 radical (unpaired) electrons. The highest BCUT2D eigenvalue weighted by atomic mass is 32.2. The van der Waals surface area contributed by atoms with Gasteiger partial charge in [0.2, 0.25) is 5.91 Å². The number of rotatable bonds is 6. The van der Waals surface area contributed by atoms with E-state index in [2.05, 4.69) is 9.97 Å². The molecule has 0 aliphatic carbocycles. The van der Waals surface area contributed by atoms with Crippen LogP contribution in [0.15, 0.2) is 23.6 Å². The van der Waals surface area contributed by atoms with E-state index in [0.717, 1.165) is 17.3 Å². The van der Waals surface area contributed by atoms with Crippen molar-refractivity contribution >= 4 is 34.7 Å². The molecule has 0 aliphatic rings. The molecule has 7 nitrogen and oxygen atoms in total. The zero-order valence-corrected chi connectivity index (χ0v) is 10.8. The van der Waals surface area contributed by atoms with E-state index in [4.69, 9.17) is 10.8 Å². The highest BCUT2D eigenvalue weighted by Gasteiger charge is 2.13. The van der Waals surface area contributed by atoms with Gasteiger partial charge in [-0.15, -0.1) is 0 Å². The quantitative estimate of drug-likeness (QED) is 0.745. The van der Waals surface area contributed by atoms with Crippen molar-refractivity contribution < 1.29 is 14.7 Å². The second-order valence-electron chi connectivity index (χ2n) is 3.81. The lowest BCUT2D eigenvalue weighted by Crippen LogP contribution is -2.14. The monoisotopic (exact) mass is 280 g/mol. The highest BCUT2D eigenvalue weighted by molar-refractivity contribution is 7.99. The Hall–Kier alpha value is -2.09. The first-order valence-electron chi connectivity index (χ1n) is 5.51. The number of aryl methyl sites for hydroxylation is 1. The van der Waals surface area contributed by atoms with Gasteiger partial charge < -0.3 is 15.4 Å². The van der Waals surface area contributed by atoms with E-state index < -0.39 is 11.9 Å². The molecule has 0 aliphatic heterocycles. The maximum atomic E-state index is 10.9. The van der Waals surface area contributed by atoms with Crippen molar-refractivity contribution in [1.29, 1.82) is 0 Å². The summed E-state index contributed by atoms with van der Waals surface area (Å²) in [5.74, 6) is -1.42. The van der Waals surface area contributed by atoms with Crippen LogP contribution in [-0.2, 0) is 16.1 Å². The fraction of sp³-hybridized carbons (Fsp3) is 0.273. The lowest BCUT2D eigenvalue weighted by molar-refractivity contribution is -0.134. The summed E-state index contributed by atoms with van der Waals surface area (Å²) >= 11 is 1.10. The largest absolute Gasteiger partial charge is 0.481 e. The molecule has 2 aromatic rings. The van der Waals surface area contributed by atoms with Crippen molar-refractivity contribution in [2.24, 2.45) is 5.73 Å². The average molecular weight is 280 g/mol. The molecule has 0 atom stereocenters. The number of hydrogen-bond donors (Lipinski definition) is 2. The number of amides is 1. The zero-order valence-electron chi connectivity index (χ0n) is 9.94. The second kappa shape index (κ2) is 5.70. The molecule has 0 saturated heterocycles. The number of imidazole rings is 1. The third kappa shape index (κ3) is 3.22. The molecule has 0 spiro atoms. The Morgan fingerprint density at radius 1 is 1.47 bits per heavy atom. The SMILES string of the molecule is NC(=O)CCn1c(SCC(=O)O)nc2cnccc21. The summed E-state index contributed by atoms with van der Waals surface area (Å²) in [4.78, 5) is 29.8. The smallest absolute Gasteiger partial charge is 0.313 e. The molecule has 0 saturated carbocycles. The maximum absolute atomic E-state index is 10.9. The van der Waals surface area contributed by atoms with Crippen LogP contribution >= 0.6 is 11.8 Å². The van der Waals surface area contributed by atoms with Gasteiger partial charge >= 0.3 is 5.97 Å². The summed E-state index contributed by atoms with van der Waals surface area (Å²) in [5, 5.41) is 9.26. The van der Waals surface area contributed by atoms with Gasteiger partial charge in [-0.2, -0.15) is 0 Å². The fourth-order valence-corrected chi connectivity index (χ4v) is 2.40. The Morgan fingerprint density at radius 2 is 2.26 bits per heavy atom. The van der Waals surface area contributed by atoms with E-state index in [9.17, 15) is 9.59 Å². The first-order valence-corrected chi connectivity index (χ1v) is 6.49. The molecule has 100 valence electrons. The third-order valence-electron chi connectivity index (χ3n) is 2.42. The normalized spacial score (nSPS) is 10.7. The van der Waals surface area contributed by atoms with Crippen molar-refractivity contribution in [3.05, 3.63) is 18.5 Å². The summed E-state index contributed by atoms with van der Waals surface area (Å²) in [5.41, 5.74) is 6.62. The molecule has 2 rings (SSSR count). The summed E-state index contributed by atoms with van der Waals surface area (Å²) < 4.78 is 1.79. The molecular formula is C11H12N4O3S. The predicted molar refractivity (Wildman–Crippen MR) is 69.7 cm³/mol. The number of carboxylic acid groups (broad SMARTS) is 1. The molecule has 3 N–H and O–H groups in total. The van der Waals surface area contributed by atoms with Crippen molar-refractivity contribution in [3.8, 4) is 0 Å². The van der Waals surface area contributed by atoms with Gasteiger partial charge in [-0.1, -0.05) is 11.8 Å². The van der Waals surface area contributed by atoms with E-state index in [0.29, 0.717) is 17.2 Å². The predicted octanol–water partition coefficient (Wildman–Crippen LogP) is 0.483. The van der Waals surface area contributed by atoms with Crippen LogP contribution in [0.1, 0.15) is 6.42 Å². The minimum atomic E-state index is -0.920. The number of hydrogen-bond acceptors (Lipinski definition) is 5. The van der Waals surface area contributed by atoms with E-state index in [1.54, 1.807) is 23.0 Å². The van der Waals surface area contributed by atoms with Gasteiger partial charge in [0.1, 0.15) is 5.52 Å². The minimum Gasteiger partial charge on any atom is -0.481 e. The second-order valence-corrected chi connectivity index (χ2v) is 4.75. The Balaban J connectivity index is 2.33. The standard InChI is InChI=1S/C11H12N4O3S/c12-9(16)2-4-15-8-1-3-13-5-7(8)14-11(15)19-6-10(17)18/h1,3,5H,2,4,6H2,(H2,12,16)(H,17,18). The van der Waals surface area contributed by atoms with Gasteiger partial charge in [0, 0.05) is 19.2 Å². The summed E-state index contributed by atoms with van der Waals surface area (Å²) in [6, 6.07) is 1.77. The number of nitrogens with two attached hydrogens (primary N) is 1. The molecule has 8 heteroatoms. The topological polar surface area (TPSA) is 111 Å². The minimum absolute atomic E-state index is 0.0900. The van der Waals surface area contributed by atoms with Crippen molar-refractivity contribution in [2.75, 3.05) is 5.75 Å². The number of primary amides is 1. The van der Waals surface area contributed by atoms with Crippen LogP contribution in [0.4, 0.5) is 0 Å². The molecule has 0 unspecified atom stereocenters. The lowest BCUT2D eigenvalue weighted by atomic mass is 10.3. The number of nitrogens with zero attached hydrogens (tertiary/aromatic N) is 3. The Kier molecular flexibility index (Phi) is 4.00. The number of thioether (sulfide) groups is 1. The molecule has 19 heavy (non-hydrogen) atoms. The molecule has 0 bridgehead atoms. The van der Waals surface area contributed by atoms with Crippen molar-refractivity contribution in [2.45, 2.75) is 18.1 Å². The van der Waals surface area contributed by atoms with Gasteiger partial charge in [0.25, 0.3) is 0 Å². The van der Waals surface area contributed by atoms with Crippen LogP contribution in [0.5, 0.6) is 0 Å². The number of carbonyl (C=O) groups excluding carboxylic acids is 1. The van der Waals surface area contributed by atoms with Gasteiger partial charge in [-0.3, -0.25) is 14.6 Å². The van der Waals surface area contributed by atoms with Gasteiger partial charge in [0.15, 0.2) is 5.16 Å². The summed E-state index contributed by atoms with van der Waals surface area (Å²) in [7, 11) is 0. The lowest BCUT2D eigenvalue weighted by Gasteiger charge is -2.06. The van der Waals surface area contributed by atoms with Crippen LogP contribution in [0.3, 0.4) is 0 Å². The van der Waals surface area contributed by atoms with Gasteiger partial charge in [0.05, 0.1) is 17.5 Å². The number of fused-ring (bicyclic) bond motifs is 1. The van der Waals surface area contributed by atoms with Crippen molar-refractivity contribution in [1.82, 2.24) is 14.5 Å². The summed E-state index contributed by atoms with van der Waals surface area (Å²) in [6.07, 6.45) is 3.39. The Bertz CT molecular complexity index is 625. The van der Waals surface area contributed by atoms with E-state index in [1.807, 2.05) is 0 Å². The van der Waals surface area contributed by atoms with E-state index >= 15 is 0 Å². The zero-order chi connectivity index (χ0) is 13.8. The first-order chi connectivity index (χ1) is 9.08. The maximum Gasteiger partial charge on any atom is 0.313 e. The number of carbonyl (C=O) groups is 2. The Morgan fingerprint density at radius 3 is 2.95 bits per heavy atom. The first kappa shape index (κ1) is 13.3. The molecule has 0 aromatic carbocycles. The van der Waals surface area contributed by atoms with Gasteiger partial charge in [-0.25, -0.2) is 4.98 Å². The fourth-order valence-electron chi connectivity index (χ4n) is 1.63. The van der Waals surface area contributed by atoms with E-state index in [-0.39, 0.29) is 12.2 Å². The Labute approximate surface area is 112 Å². The van der Waals surface area contributed by atoms with Crippen LogP contribution in [0.2, 0.25) is 0 Å². The van der Waals surface area contributed by atoms with Crippen LogP contribution in [0.25, 0.3) is 11.0 Å². The molecular weight excluding hydrogens is 268 g/mol. The molecule has 2 aromatic heterocycles. The molecule has 1 amide bonds. The number of carboxylic acids is 1. The number of pyridine rings is 1. The van der Waals surface area contributed by atoms with Gasteiger partial charge in [-0.05, 0) is 6.07 Å². The van der Waals surface area contributed by atoms with Crippen LogP contribution in [-0.4, -0.2) is 37.3 Å². The molecule has 2 heterocycles. The van der Waals surface area contributed by atoms with Crippen LogP contribution in [0, 0.1) is 0 Å². The third-order valence-corrected chi connectivity index (χ3v) is 3.38. The van der Waals surface area contributed by atoms with E-state index in [1.165, 1.54) is 0 Å². The van der Waals surface area contributed by atoms with Crippen molar-refractivity contribution in [3.63, 3.8) is 0 Å². The highest BCUT2D eigenvalue weighted by Crippen LogP contribution is 2.23.